The van der Waals surface area contributed by atoms with Gasteiger partial charge in [-0.05, 0) is 31.2 Å². The lowest BCUT2D eigenvalue weighted by molar-refractivity contribution is 0.175. The molecule has 1 aliphatic rings. The van der Waals surface area contributed by atoms with Crippen LogP contribution < -0.4 is 5.32 Å². The maximum absolute atomic E-state index is 12.7. The lowest BCUT2D eigenvalue weighted by Crippen LogP contribution is -2.46. The van der Waals surface area contributed by atoms with Crippen molar-refractivity contribution in [2.24, 2.45) is 0 Å². The molecular weight excluding hydrogens is 312 g/mol. The minimum absolute atomic E-state index is 0.0912. The second-order valence-corrected chi connectivity index (χ2v) is 6.75. The number of hydrogen-bond acceptors (Lipinski definition) is 2. The van der Waals surface area contributed by atoms with Crippen LogP contribution in [-0.4, -0.2) is 39.6 Å². The molecule has 1 saturated carbocycles. The van der Waals surface area contributed by atoms with Crippen LogP contribution in [0.2, 0.25) is 0 Å². The number of hydrogen-bond donors (Lipinski definition) is 1. The number of nitrogens with zero attached hydrogens (tertiary/aromatic N) is 3. The summed E-state index contributed by atoms with van der Waals surface area (Å²) < 4.78 is 2.04. The summed E-state index contributed by atoms with van der Waals surface area (Å²) in [6.07, 6.45) is 12.1. The van der Waals surface area contributed by atoms with Gasteiger partial charge in [-0.2, -0.15) is 0 Å². The van der Waals surface area contributed by atoms with Crippen LogP contribution in [0.4, 0.5) is 4.79 Å². The number of amides is 2. The van der Waals surface area contributed by atoms with Crippen LogP contribution in [-0.2, 0) is 13.0 Å². The molecule has 5 heteroatoms. The molecule has 1 fully saturated rings. The number of urea groups is 1. The zero-order valence-electron chi connectivity index (χ0n) is 14.8. The molecule has 2 aromatic rings. The van der Waals surface area contributed by atoms with E-state index in [0.29, 0.717) is 12.6 Å². The molecule has 0 bridgehead atoms. The average Bonchev–Trinajstić information content (AvgIpc) is 3.34. The normalized spacial score (nSPS) is 14.6. The van der Waals surface area contributed by atoms with Gasteiger partial charge in [0.05, 0.1) is 6.33 Å². The Balaban J connectivity index is 1.48. The summed E-state index contributed by atoms with van der Waals surface area (Å²) in [6.45, 7) is 2.38. The van der Waals surface area contributed by atoms with Gasteiger partial charge in [-0.25, -0.2) is 9.78 Å². The molecule has 0 unspecified atom stereocenters. The zero-order valence-corrected chi connectivity index (χ0v) is 14.8. The van der Waals surface area contributed by atoms with Gasteiger partial charge >= 0.3 is 6.03 Å². The van der Waals surface area contributed by atoms with E-state index in [-0.39, 0.29) is 6.03 Å². The molecule has 1 aromatic carbocycles. The van der Waals surface area contributed by atoms with Crippen molar-refractivity contribution in [3.63, 3.8) is 0 Å². The van der Waals surface area contributed by atoms with Gasteiger partial charge in [0, 0.05) is 38.1 Å². The third-order valence-corrected chi connectivity index (χ3v) is 4.94. The number of imidazole rings is 1. The van der Waals surface area contributed by atoms with E-state index in [1.165, 1.54) is 18.4 Å². The zero-order chi connectivity index (χ0) is 17.3. The molecule has 1 aliphatic carbocycles. The molecule has 1 N–H and O–H groups in total. The molecule has 1 heterocycles. The van der Waals surface area contributed by atoms with Crippen LogP contribution in [0.25, 0.3) is 0 Å². The Bertz CT molecular complexity index is 620. The predicted octanol–water partition coefficient (Wildman–Crippen LogP) is 3.47. The number of benzene rings is 1. The number of nitrogens with one attached hydrogen (secondary N) is 1. The number of aromatic nitrogens is 2. The Morgan fingerprint density at radius 3 is 2.76 bits per heavy atom. The quantitative estimate of drug-likeness (QED) is 0.748. The third-order valence-electron chi connectivity index (χ3n) is 4.94. The summed E-state index contributed by atoms with van der Waals surface area (Å²) in [4.78, 5) is 18.8. The first-order valence-electron chi connectivity index (χ1n) is 9.37. The Kier molecular flexibility index (Phi) is 6.48. The van der Waals surface area contributed by atoms with Crippen molar-refractivity contribution in [1.82, 2.24) is 19.8 Å². The molecule has 0 saturated heterocycles. The van der Waals surface area contributed by atoms with E-state index in [4.69, 9.17) is 0 Å². The maximum atomic E-state index is 12.7. The fourth-order valence-electron chi connectivity index (χ4n) is 3.54. The summed E-state index contributed by atoms with van der Waals surface area (Å²) >= 11 is 0. The molecule has 5 nitrogen and oxygen atoms in total. The largest absolute Gasteiger partial charge is 0.338 e. The van der Waals surface area contributed by atoms with Gasteiger partial charge < -0.3 is 14.8 Å². The lowest BCUT2D eigenvalue weighted by atomic mass is 10.1. The molecule has 0 atom stereocenters. The summed E-state index contributed by atoms with van der Waals surface area (Å²) in [6, 6.07) is 10.9. The van der Waals surface area contributed by atoms with Crippen molar-refractivity contribution in [1.29, 1.82) is 0 Å². The Hall–Kier alpha value is -2.30. The van der Waals surface area contributed by atoms with Crippen molar-refractivity contribution in [2.45, 2.75) is 51.1 Å². The van der Waals surface area contributed by atoms with Gasteiger partial charge in [0.25, 0.3) is 0 Å². The minimum Gasteiger partial charge on any atom is -0.338 e. The highest BCUT2D eigenvalue weighted by Crippen LogP contribution is 2.23. The van der Waals surface area contributed by atoms with Crippen LogP contribution in [0.1, 0.15) is 37.7 Å². The number of rotatable bonds is 8. The molecule has 2 amide bonds. The van der Waals surface area contributed by atoms with E-state index >= 15 is 0 Å². The Labute approximate surface area is 150 Å². The van der Waals surface area contributed by atoms with Crippen LogP contribution in [0.5, 0.6) is 0 Å². The summed E-state index contributed by atoms with van der Waals surface area (Å²) in [5.41, 5.74) is 1.29. The van der Waals surface area contributed by atoms with E-state index in [2.05, 4.69) is 39.5 Å². The van der Waals surface area contributed by atoms with Gasteiger partial charge in [0.2, 0.25) is 0 Å². The summed E-state index contributed by atoms with van der Waals surface area (Å²) in [7, 11) is 0. The fraction of sp³-hybridized carbons (Fsp3) is 0.500. The molecular formula is C20H28N4O. The van der Waals surface area contributed by atoms with Crippen LogP contribution in [0.15, 0.2) is 49.1 Å². The highest BCUT2D eigenvalue weighted by atomic mass is 16.2. The van der Waals surface area contributed by atoms with E-state index in [9.17, 15) is 4.79 Å². The maximum Gasteiger partial charge on any atom is 0.317 e. The van der Waals surface area contributed by atoms with Gasteiger partial charge in [-0.15, -0.1) is 0 Å². The highest BCUT2D eigenvalue weighted by Gasteiger charge is 2.26. The predicted molar refractivity (Wildman–Crippen MR) is 99.4 cm³/mol. The minimum atomic E-state index is 0.0912. The Morgan fingerprint density at radius 1 is 1.24 bits per heavy atom. The second-order valence-electron chi connectivity index (χ2n) is 6.75. The third kappa shape index (κ3) is 5.34. The number of aryl methyl sites for hydroxylation is 1. The topological polar surface area (TPSA) is 50.2 Å². The fourth-order valence-corrected chi connectivity index (χ4v) is 3.54. The van der Waals surface area contributed by atoms with Crippen molar-refractivity contribution < 1.29 is 4.79 Å². The molecule has 0 spiro atoms. The Morgan fingerprint density at radius 2 is 2.04 bits per heavy atom. The smallest absolute Gasteiger partial charge is 0.317 e. The lowest BCUT2D eigenvalue weighted by Gasteiger charge is -2.29. The van der Waals surface area contributed by atoms with E-state index in [0.717, 1.165) is 38.8 Å². The highest BCUT2D eigenvalue weighted by molar-refractivity contribution is 5.74. The average molecular weight is 340 g/mol. The molecule has 3 rings (SSSR count). The van der Waals surface area contributed by atoms with Crippen molar-refractivity contribution in [3.05, 3.63) is 54.6 Å². The SMILES string of the molecule is O=C(NCCCn1ccnc1)N(CCc1ccccc1)C1CCCC1. The van der Waals surface area contributed by atoms with Gasteiger partial charge in [-0.1, -0.05) is 43.2 Å². The van der Waals surface area contributed by atoms with Crippen LogP contribution >= 0.6 is 0 Å². The van der Waals surface area contributed by atoms with Gasteiger partial charge in [0.15, 0.2) is 0 Å². The monoisotopic (exact) mass is 340 g/mol. The first-order chi connectivity index (χ1) is 12.3. The molecule has 0 aliphatic heterocycles. The standard InChI is InChI=1S/C20H28N4O/c25-20(22-12-6-14-23-16-13-21-17-23)24(19-9-4-5-10-19)15-11-18-7-2-1-3-8-18/h1-3,7-8,13,16-17,19H,4-6,9-12,14-15H2,(H,22,25). The number of carbonyl (C=O) groups excluding carboxylic acids is 1. The first kappa shape index (κ1) is 17.5. The number of carbonyl (C=O) groups is 1. The van der Waals surface area contributed by atoms with Crippen molar-refractivity contribution in [2.75, 3.05) is 13.1 Å². The first-order valence-corrected chi connectivity index (χ1v) is 9.37. The van der Waals surface area contributed by atoms with Crippen LogP contribution in [0.3, 0.4) is 0 Å². The molecule has 134 valence electrons. The van der Waals surface area contributed by atoms with Crippen molar-refractivity contribution >= 4 is 6.03 Å². The van der Waals surface area contributed by atoms with Gasteiger partial charge in [0.1, 0.15) is 0 Å². The van der Waals surface area contributed by atoms with Crippen LogP contribution in [0, 0.1) is 0 Å². The molecule has 25 heavy (non-hydrogen) atoms. The summed E-state index contributed by atoms with van der Waals surface area (Å²) in [5, 5.41) is 3.11. The second kappa shape index (κ2) is 9.25. The molecule has 0 radical (unpaired) electrons. The van der Waals surface area contributed by atoms with E-state index in [1.54, 1.807) is 6.20 Å². The van der Waals surface area contributed by atoms with E-state index < -0.39 is 0 Å². The summed E-state index contributed by atoms with van der Waals surface area (Å²) in [5.74, 6) is 0. The molecule has 1 aromatic heterocycles. The van der Waals surface area contributed by atoms with E-state index in [1.807, 2.05) is 23.2 Å². The van der Waals surface area contributed by atoms with Crippen molar-refractivity contribution in [3.8, 4) is 0 Å². The van der Waals surface area contributed by atoms with Gasteiger partial charge in [-0.3, -0.25) is 0 Å².